The Morgan fingerprint density at radius 1 is 1.17 bits per heavy atom. The highest BCUT2D eigenvalue weighted by Crippen LogP contribution is 2.32. The van der Waals surface area contributed by atoms with Crippen LogP contribution >= 0.6 is 24.0 Å². The smallest absolute Gasteiger partial charge is 0.337 e. The zero-order chi connectivity index (χ0) is 21.2. The van der Waals surface area contributed by atoms with Gasteiger partial charge in [0.1, 0.15) is 4.32 Å². The van der Waals surface area contributed by atoms with Crippen molar-refractivity contribution in [2.45, 2.75) is 39.0 Å². The van der Waals surface area contributed by atoms with Crippen molar-refractivity contribution in [2.24, 2.45) is 0 Å². The summed E-state index contributed by atoms with van der Waals surface area (Å²) >= 11 is 6.54. The molecule has 156 valence electrons. The molecule has 0 N–H and O–H groups in total. The molecular weight excluding hydrogens is 410 g/mol. The predicted octanol–water partition coefficient (Wildman–Crippen LogP) is 4.19. The lowest BCUT2D eigenvalue weighted by atomic mass is 10.1. The van der Waals surface area contributed by atoms with Crippen LogP contribution in [0.5, 0.6) is 0 Å². The molecule has 6 nitrogen and oxygen atoms in total. The van der Waals surface area contributed by atoms with Crippen molar-refractivity contribution in [2.75, 3.05) is 20.3 Å². The zero-order valence-electron chi connectivity index (χ0n) is 16.6. The Morgan fingerprint density at radius 2 is 1.90 bits per heavy atom. The van der Waals surface area contributed by atoms with Gasteiger partial charge >= 0.3 is 11.9 Å². The standard InChI is InChI=1S/C21H25NO5S2/c1-3-4-5-13-27-18(23)7-6-12-22-19(24)17(29-21(22)28)14-15-8-10-16(11-9-15)20(25)26-2/h8-11,14H,3-7,12-13H2,1-2H3/b17-14-. The number of nitrogens with zero attached hydrogens (tertiary/aromatic N) is 1. The Kier molecular flexibility index (Phi) is 9.34. The van der Waals surface area contributed by atoms with E-state index in [9.17, 15) is 14.4 Å². The van der Waals surface area contributed by atoms with Crippen LogP contribution in [0.2, 0.25) is 0 Å². The van der Waals surface area contributed by atoms with Crippen LogP contribution in [0.4, 0.5) is 0 Å². The van der Waals surface area contributed by atoms with E-state index in [1.54, 1.807) is 30.3 Å². The fraction of sp³-hybridized carbons (Fsp3) is 0.429. The Balaban J connectivity index is 1.86. The molecule has 0 aromatic heterocycles. The van der Waals surface area contributed by atoms with Crippen LogP contribution in [0, 0.1) is 0 Å². The van der Waals surface area contributed by atoms with Crippen LogP contribution in [0.3, 0.4) is 0 Å². The number of carbonyl (C=O) groups is 3. The zero-order valence-corrected chi connectivity index (χ0v) is 18.3. The number of hydrogen-bond acceptors (Lipinski definition) is 7. The highest BCUT2D eigenvalue weighted by Gasteiger charge is 2.31. The second-order valence-electron chi connectivity index (χ2n) is 6.48. The Labute approximate surface area is 180 Å². The quantitative estimate of drug-likeness (QED) is 0.236. The Morgan fingerprint density at radius 3 is 2.55 bits per heavy atom. The normalized spacial score (nSPS) is 15.1. The van der Waals surface area contributed by atoms with E-state index in [2.05, 4.69) is 11.7 Å². The van der Waals surface area contributed by atoms with Crippen molar-refractivity contribution >= 4 is 52.2 Å². The number of ether oxygens (including phenoxy) is 2. The monoisotopic (exact) mass is 435 g/mol. The first-order valence-corrected chi connectivity index (χ1v) is 10.8. The molecule has 0 bridgehead atoms. The Bertz CT molecular complexity index is 789. The second-order valence-corrected chi connectivity index (χ2v) is 8.15. The Hall–Kier alpha value is -2.19. The molecule has 0 aliphatic carbocycles. The van der Waals surface area contributed by atoms with Crippen LogP contribution in [0.25, 0.3) is 6.08 Å². The van der Waals surface area contributed by atoms with Crippen molar-refractivity contribution in [3.8, 4) is 0 Å². The van der Waals surface area contributed by atoms with E-state index < -0.39 is 5.97 Å². The molecule has 1 aliphatic heterocycles. The van der Waals surface area contributed by atoms with Gasteiger partial charge in [-0.25, -0.2) is 4.79 Å². The molecule has 1 saturated heterocycles. The number of methoxy groups -OCH3 is 1. The third-order valence-electron chi connectivity index (χ3n) is 4.28. The van der Waals surface area contributed by atoms with Crippen LogP contribution in [-0.2, 0) is 19.1 Å². The van der Waals surface area contributed by atoms with Crippen molar-refractivity contribution in [3.05, 3.63) is 40.3 Å². The number of amides is 1. The molecule has 1 aromatic carbocycles. The summed E-state index contributed by atoms with van der Waals surface area (Å²) in [5, 5.41) is 0. The van der Waals surface area contributed by atoms with Gasteiger partial charge < -0.3 is 9.47 Å². The maximum atomic E-state index is 12.6. The summed E-state index contributed by atoms with van der Waals surface area (Å²) in [6, 6.07) is 6.77. The maximum Gasteiger partial charge on any atom is 0.337 e. The molecule has 29 heavy (non-hydrogen) atoms. The van der Waals surface area contributed by atoms with Gasteiger partial charge in [0.25, 0.3) is 5.91 Å². The fourth-order valence-corrected chi connectivity index (χ4v) is 3.98. The van der Waals surface area contributed by atoms with Crippen molar-refractivity contribution < 1.29 is 23.9 Å². The van der Waals surface area contributed by atoms with Crippen molar-refractivity contribution in [1.29, 1.82) is 0 Å². The fourth-order valence-electron chi connectivity index (χ4n) is 2.67. The first-order chi connectivity index (χ1) is 14.0. The molecule has 0 saturated carbocycles. The summed E-state index contributed by atoms with van der Waals surface area (Å²) < 4.78 is 10.3. The van der Waals surface area contributed by atoms with E-state index in [0.29, 0.717) is 34.4 Å². The van der Waals surface area contributed by atoms with Gasteiger partial charge in [-0.3, -0.25) is 14.5 Å². The summed E-state index contributed by atoms with van der Waals surface area (Å²) in [7, 11) is 1.33. The number of unbranched alkanes of at least 4 members (excludes halogenated alkanes) is 2. The second kappa shape index (κ2) is 11.7. The minimum Gasteiger partial charge on any atom is -0.466 e. The summed E-state index contributed by atoms with van der Waals surface area (Å²) in [4.78, 5) is 37.9. The first kappa shape index (κ1) is 23.1. The lowest BCUT2D eigenvalue weighted by molar-refractivity contribution is -0.144. The highest BCUT2D eigenvalue weighted by molar-refractivity contribution is 8.26. The number of carbonyl (C=O) groups excluding carboxylic acids is 3. The minimum absolute atomic E-state index is 0.173. The SMILES string of the molecule is CCCCCOC(=O)CCCN1C(=O)/C(=C/c2ccc(C(=O)OC)cc2)SC1=S. The number of rotatable bonds is 10. The van der Waals surface area contributed by atoms with Gasteiger partial charge in [0.15, 0.2) is 0 Å². The lowest BCUT2D eigenvalue weighted by Gasteiger charge is -2.13. The maximum absolute atomic E-state index is 12.6. The molecule has 1 fully saturated rings. The predicted molar refractivity (Wildman–Crippen MR) is 117 cm³/mol. The molecule has 8 heteroatoms. The van der Waals surface area contributed by atoms with E-state index >= 15 is 0 Å². The molecule has 1 aromatic rings. The summed E-state index contributed by atoms with van der Waals surface area (Å²) in [5.41, 5.74) is 1.23. The van der Waals surface area contributed by atoms with E-state index in [-0.39, 0.29) is 18.3 Å². The minimum atomic E-state index is -0.410. The molecule has 1 aliphatic rings. The largest absolute Gasteiger partial charge is 0.466 e. The molecule has 1 heterocycles. The van der Waals surface area contributed by atoms with Gasteiger partial charge in [0.05, 0.1) is 24.2 Å². The van der Waals surface area contributed by atoms with E-state index in [1.165, 1.54) is 23.8 Å². The lowest BCUT2D eigenvalue weighted by Crippen LogP contribution is -2.29. The molecule has 2 rings (SSSR count). The average molecular weight is 436 g/mol. The van der Waals surface area contributed by atoms with E-state index in [0.717, 1.165) is 24.8 Å². The molecule has 0 spiro atoms. The van der Waals surface area contributed by atoms with Crippen LogP contribution in [0.1, 0.15) is 54.9 Å². The topological polar surface area (TPSA) is 72.9 Å². The highest BCUT2D eigenvalue weighted by atomic mass is 32.2. The van der Waals surface area contributed by atoms with Gasteiger partial charge in [-0.1, -0.05) is 55.9 Å². The van der Waals surface area contributed by atoms with Gasteiger partial charge in [-0.15, -0.1) is 0 Å². The van der Waals surface area contributed by atoms with E-state index in [4.69, 9.17) is 17.0 Å². The van der Waals surface area contributed by atoms with Crippen molar-refractivity contribution in [3.63, 3.8) is 0 Å². The average Bonchev–Trinajstić information content (AvgIpc) is 2.98. The number of hydrogen-bond donors (Lipinski definition) is 0. The van der Waals surface area contributed by atoms with Gasteiger partial charge in [0.2, 0.25) is 0 Å². The third kappa shape index (κ3) is 6.97. The first-order valence-electron chi connectivity index (χ1n) is 9.55. The van der Waals surface area contributed by atoms with E-state index in [1.807, 2.05) is 0 Å². The van der Waals surface area contributed by atoms with Crippen molar-refractivity contribution in [1.82, 2.24) is 4.90 Å². The molecular formula is C21H25NO5S2. The van der Waals surface area contributed by atoms with Crippen LogP contribution < -0.4 is 0 Å². The van der Waals surface area contributed by atoms with Gasteiger partial charge in [0, 0.05) is 13.0 Å². The van der Waals surface area contributed by atoms with Gasteiger partial charge in [-0.05, 0) is 36.6 Å². The molecule has 1 amide bonds. The number of thioether (sulfide) groups is 1. The number of benzene rings is 1. The number of thiocarbonyl (C=S) groups is 1. The van der Waals surface area contributed by atoms with Crippen LogP contribution in [0.15, 0.2) is 29.2 Å². The van der Waals surface area contributed by atoms with Crippen LogP contribution in [-0.4, -0.2) is 47.3 Å². The number of esters is 2. The molecule has 0 radical (unpaired) electrons. The summed E-state index contributed by atoms with van der Waals surface area (Å²) in [5.74, 6) is -0.826. The van der Waals surface area contributed by atoms with Gasteiger partial charge in [-0.2, -0.15) is 0 Å². The summed E-state index contributed by atoms with van der Waals surface area (Å²) in [6.07, 6.45) is 5.50. The third-order valence-corrected chi connectivity index (χ3v) is 5.65. The summed E-state index contributed by atoms with van der Waals surface area (Å²) in [6.45, 7) is 2.93. The molecule has 0 atom stereocenters. The molecule has 0 unspecified atom stereocenters.